The average molecular weight is 437 g/mol. The SMILES string of the molecule is CCC(C)(C)P(CC1=C(C(P)(C2CCCN2)C2CCCN2)CC=C1)C(C)(C)CC. The van der Waals surface area contributed by atoms with Gasteiger partial charge in [-0.05, 0) is 85.7 Å². The maximum absolute atomic E-state index is 3.89. The third kappa shape index (κ3) is 4.72. The van der Waals surface area contributed by atoms with Crippen LogP contribution in [0.5, 0.6) is 0 Å². The molecular formula is C25H46N2P2. The molecule has 3 rings (SSSR count). The van der Waals surface area contributed by atoms with Gasteiger partial charge >= 0.3 is 0 Å². The van der Waals surface area contributed by atoms with E-state index in [1.54, 1.807) is 11.1 Å². The molecule has 0 radical (unpaired) electrons. The van der Waals surface area contributed by atoms with Crippen molar-refractivity contribution >= 4 is 17.2 Å². The van der Waals surface area contributed by atoms with Crippen molar-refractivity contribution < 1.29 is 0 Å². The Labute approximate surface area is 184 Å². The molecule has 0 amide bonds. The molecule has 3 aliphatic rings. The molecule has 1 aliphatic carbocycles. The van der Waals surface area contributed by atoms with Gasteiger partial charge in [-0.3, -0.25) is 0 Å². The Morgan fingerprint density at radius 2 is 1.48 bits per heavy atom. The van der Waals surface area contributed by atoms with E-state index in [9.17, 15) is 0 Å². The van der Waals surface area contributed by atoms with E-state index in [2.05, 4.69) is 73.6 Å². The summed E-state index contributed by atoms with van der Waals surface area (Å²) in [5, 5.41) is 8.79. The van der Waals surface area contributed by atoms with E-state index in [1.807, 2.05) is 0 Å². The predicted molar refractivity (Wildman–Crippen MR) is 136 cm³/mol. The molecule has 2 heterocycles. The van der Waals surface area contributed by atoms with Gasteiger partial charge in [0.15, 0.2) is 0 Å². The monoisotopic (exact) mass is 436 g/mol. The van der Waals surface area contributed by atoms with Gasteiger partial charge in [0, 0.05) is 17.2 Å². The first-order valence-electron chi connectivity index (χ1n) is 12.1. The van der Waals surface area contributed by atoms with Gasteiger partial charge in [0.25, 0.3) is 0 Å². The predicted octanol–water partition coefficient (Wildman–Crippen LogP) is 6.22. The molecule has 0 aromatic rings. The fourth-order valence-electron chi connectivity index (χ4n) is 5.80. The zero-order chi connectivity index (χ0) is 21.3. The number of rotatable bonds is 9. The van der Waals surface area contributed by atoms with E-state index in [0.717, 1.165) is 6.42 Å². The van der Waals surface area contributed by atoms with E-state index >= 15 is 0 Å². The molecular weight excluding hydrogens is 390 g/mol. The lowest BCUT2D eigenvalue weighted by atomic mass is 9.80. The van der Waals surface area contributed by atoms with E-state index in [4.69, 9.17) is 0 Å². The summed E-state index contributed by atoms with van der Waals surface area (Å²) in [5.74, 6) is 0. The molecule has 2 saturated heterocycles. The minimum absolute atomic E-state index is 0.116. The average Bonchev–Trinajstić information content (AvgIpc) is 3.47. The van der Waals surface area contributed by atoms with Crippen molar-refractivity contribution in [2.24, 2.45) is 0 Å². The summed E-state index contributed by atoms with van der Waals surface area (Å²) < 4.78 is 0. The van der Waals surface area contributed by atoms with Gasteiger partial charge in [-0.1, -0.05) is 61.6 Å². The maximum atomic E-state index is 3.89. The topological polar surface area (TPSA) is 24.1 Å². The van der Waals surface area contributed by atoms with Gasteiger partial charge in [-0.25, -0.2) is 0 Å². The van der Waals surface area contributed by atoms with Gasteiger partial charge < -0.3 is 10.6 Å². The van der Waals surface area contributed by atoms with Crippen molar-refractivity contribution in [2.75, 3.05) is 19.3 Å². The molecule has 2 fully saturated rings. The van der Waals surface area contributed by atoms with Crippen LogP contribution in [0.4, 0.5) is 0 Å². The Balaban J connectivity index is 1.99. The molecule has 29 heavy (non-hydrogen) atoms. The van der Waals surface area contributed by atoms with Gasteiger partial charge in [-0.2, -0.15) is 0 Å². The van der Waals surface area contributed by atoms with Gasteiger partial charge in [0.2, 0.25) is 0 Å². The first-order valence-corrected chi connectivity index (χ1v) is 14.2. The van der Waals surface area contributed by atoms with Crippen molar-refractivity contribution in [1.82, 2.24) is 10.6 Å². The second-order valence-corrected chi connectivity index (χ2v) is 15.3. The highest BCUT2D eigenvalue weighted by Crippen LogP contribution is 2.63. The van der Waals surface area contributed by atoms with Crippen LogP contribution in [0.15, 0.2) is 23.3 Å². The number of nitrogens with one attached hydrogen (secondary N) is 2. The smallest absolute Gasteiger partial charge is 0.0370 e. The summed E-state index contributed by atoms with van der Waals surface area (Å²) in [7, 11) is 3.29. The molecule has 2 aliphatic heterocycles. The summed E-state index contributed by atoms with van der Waals surface area (Å²) in [5.41, 5.74) is 3.41. The van der Waals surface area contributed by atoms with Gasteiger partial charge in [-0.15, -0.1) is 9.24 Å². The Bertz CT molecular complexity index is 591. The van der Waals surface area contributed by atoms with Crippen molar-refractivity contribution in [3.05, 3.63) is 23.3 Å². The Kier molecular flexibility index (Phi) is 7.75. The largest absolute Gasteiger partial charge is 0.313 e. The lowest BCUT2D eigenvalue weighted by Gasteiger charge is -2.47. The minimum atomic E-state index is -0.116. The zero-order valence-corrected chi connectivity index (χ0v) is 22.0. The quantitative estimate of drug-likeness (QED) is 0.419. The van der Waals surface area contributed by atoms with E-state index in [0.29, 0.717) is 22.4 Å². The van der Waals surface area contributed by atoms with Crippen LogP contribution in [0.2, 0.25) is 0 Å². The summed E-state index contributed by atoms with van der Waals surface area (Å²) in [6.07, 6.45) is 15.2. The van der Waals surface area contributed by atoms with E-state index < -0.39 is 0 Å². The molecule has 2 nitrogen and oxygen atoms in total. The fraction of sp³-hybridized carbons (Fsp3) is 0.840. The third-order valence-corrected chi connectivity index (χ3v) is 13.7. The van der Waals surface area contributed by atoms with Crippen molar-refractivity contribution in [3.63, 3.8) is 0 Å². The van der Waals surface area contributed by atoms with Crippen molar-refractivity contribution in [2.45, 2.75) is 114 Å². The lowest BCUT2D eigenvalue weighted by Crippen LogP contribution is -2.56. The fourth-order valence-corrected chi connectivity index (χ4v) is 10.6. The molecule has 3 atom stereocenters. The van der Waals surface area contributed by atoms with Gasteiger partial charge in [0.1, 0.15) is 0 Å². The summed E-state index contributed by atoms with van der Waals surface area (Å²) in [6, 6.07) is 1.19. The van der Waals surface area contributed by atoms with Crippen molar-refractivity contribution in [1.29, 1.82) is 0 Å². The molecule has 2 N–H and O–H groups in total. The van der Waals surface area contributed by atoms with Crippen LogP contribution in [0.25, 0.3) is 0 Å². The minimum Gasteiger partial charge on any atom is -0.313 e. The summed E-state index contributed by atoms with van der Waals surface area (Å²) in [6.45, 7) is 17.3. The van der Waals surface area contributed by atoms with Crippen LogP contribution >= 0.6 is 17.2 Å². The second kappa shape index (κ2) is 9.40. The molecule has 3 unspecified atom stereocenters. The van der Waals surface area contributed by atoms with Crippen molar-refractivity contribution in [3.8, 4) is 0 Å². The van der Waals surface area contributed by atoms with Crippen LogP contribution in [0.3, 0.4) is 0 Å². The Morgan fingerprint density at radius 1 is 0.966 bits per heavy atom. The van der Waals surface area contributed by atoms with Crippen LogP contribution < -0.4 is 10.6 Å². The molecule has 0 spiro atoms. The highest BCUT2D eigenvalue weighted by atomic mass is 31.1. The van der Waals surface area contributed by atoms with Gasteiger partial charge in [0.05, 0.1) is 0 Å². The Hall–Kier alpha value is 0.260. The molecule has 0 aromatic carbocycles. The van der Waals surface area contributed by atoms with E-state index in [-0.39, 0.29) is 13.1 Å². The second-order valence-electron chi connectivity index (χ2n) is 10.8. The first kappa shape index (κ1) is 23.9. The number of hydrogen-bond donors (Lipinski definition) is 2. The van der Waals surface area contributed by atoms with Crippen LogP contribution in [-0.4, -0.2) is 46.8 Å². The molecule has 0 aromatic heterocycles. The van der Waals surface area contributed by atoms with Crippen LogP contribution in [0, 0.1) is 0 Å². The standard InChI is InChI=1S/C25H46N2P2/c1-7-23(3,4)29(24(5,6)8-2)18-19-12-9-13-20(19)25(28,21-14-10-16-26-21)22-15-11-17-27-22/h9,12,21-22,26-27H,7-8,10-11,13-18,28H2,1-6H3. The Morgan fingerprint density at radius 3 is 1.90 bits per heavy atom. The molecule has 166 valence electrons. The number of allylic oxidation sites excluding steroid dienone is 3. The number of hydrogen-bond acceptors (Lipinski definition) is 2. The highest BCUT2D eigenvalue weighted by molar-refractivity contribution is 7.61. The summed E-state index contributed by atoms with van der Waals surface area (Å²) >= 11 is 0. The van der Waals surface area contributed by atoms with Crippen LogP contribution in [0.1, 0.15) is 86.5 Å². The maximum Gasteiger partial charge on any atom is 0.0370 e. The third-order valence-electron chi connectivity index (χ3n) is 8.35. The lowest BCUT2D eigenvalue weighted by molar-refractivity contribution is 0.382. The summed E-state index contributed by atoms with van der Waals surface area (Å²) in [4.78, 5) is 0. The molecule has 4 heteroatoms. The molecule has 0 bridgehead atoms. The first-order chi connectivity index (χ1) is 13.7. The zero-order valence-electron chi connectivity index (χ0n) is 19.9. The molecule has 0 saturated carbocycles. The van der Waals surface area contributed by atoms with Crippen LogP contribution in [-0.2, 0) is 0 Å². The normalized spacial score (nSPS) is 28.0. The van der Waals surface area contributed by atoms with E-state index in [1.165, 1.54) is 57.8 Å². The highest BCUT2D eigenvalue weighted by Gasteiger charge is 2.48.